The van der Waals surface area contributed by atoms with Gasteiger partial charge in [0, 0.05) is 6.42 Å². The molecule has 0 aromatic heterocycles. The van der Waals surface area contributed by atoms with E-state index in [0.29, 0.717) is 12.2 Å². The number of hydrogen-bond acceptors (Lipinski definition) is 4. The first-order valence-electron chi connectivity index (χ1n) is 5.95. The molecule has 2 atom stereocenters. The molecule has 1 aromatic rings. The van der Waals surface area contributed by atoms with Crippen molar-refractivity contribution < 1.29 is 18.7 Å². The Morgan fingerprint density at radius 2 is 2.32 bits per heavy atom. The number of nitrogens with two attached hydrogens (primary N) is 1. The molecule has 19 heavy (non-hydrogen) atoms. The van der Waals surface area contributed by atoms with Crippen LogP contribution in [0.2, 0.25) is 0 Å². The molecule has 0 fully saturated rings. The minimum absolute atomic E-state index is 0. The predicted molar refractivity (Wildman–Crippen MR) is 71.3 cm³/mol. The lowest BCUT2D eigenvalue weighted by Gasteiger charge is -2.16. The third kappa shape index (κ3) is 3.36. The van der Waals surface area contributed by atoms with E-state index < -0.39 is 18.2 Å². The van der Waals surface area contributed by atoms with E-state index in [-0.39, 0.29) is 19.0 Å². The second-order valence-electron chi connectivity index (χ2n) is 4.15. The fourth-order valence-electron chi connectivity index (χ4n) is 1.95. The number of alkyl halides is 1. The lowest BCUT2D eigenvalue weighted by molar-refractivity contribution is -0.149. The molecule has 0 spiro atoms. The topological polar surface area (TPSA) is 61.5 Å². The Hall–Kier alpha value is -1.33. The molecule has 0 bridgehead atoms. The van der Waals surface area contributed by atoms with E-state index in [2.05, 4.69) is 4.74 Å². The standard InChI is InChI=1S/C13H16FNO3.ClH/c1-2-17-13(16)11(14)12(15)9-3-4-10-8(7-9)5-6-18-10;/h3-4,7,11-12H,2,5-6,15H2,1H3;1H/t11?,12-;/m1./s1. The van der Waals surface area contributed by atoms with Crippen molar-refractivity contribution in [2.75, 3.05) is 13.2 Å². The monoisotopic (exact) mass is 289 g/mol. The van der Waals surface area contributed by atoms with Crippen LogP contribution in [0, 0.1) is 0 Å². The molecule has 2 rings (SSSR count). The van der Waals surface area contributed by atoms with Crippen molar-refractivity contribution in [2.24, 2.45) is 5.73 Å². The molecule has 0 aliphatic carbocycles. The number of ether oxygens (including phenoxy) is 2. The SMILES string of the molecule is CCOC(=O)C(F)[C@H](N)c1ccc2c(c1)CCO2.Cl. The van der Waals surface area contributed by atoms with Crippen molar-refractivity contribution in [2.45, 2.75) is 25.6 Å². The highest BCUT2D eigenvalue weighted by Gasteiger charge is 2.28. The third-order valence-electron chi connectivity index (χ3n) is 2.93. The molecule has 0 amide bonds. The fraction of sp³-hybridized carbons (Fsp3) is 0.462. The molecular formula is C13H17ClFNO3. The number of rotatable bonds is 4. The molecule has 0 saturated heterocycles. The maximum atomic E-state index is 13.8. The number of benzene rings is 1. The first kappa shape index (κ1) is 15.7. The summed E-state index contributed by atoms with van der Waals surface area (Å²) in [5, 5.41) is 0. The van der Waals surface area contributed by atoms with Crippen LogP contribution in [0.25, 0.3) is 0 Å². The van der Waals surface area contributed by atoms with Gasteiger partial charge in [0.05, 0.1) is 19.3 Å². The zero-order valence-corrected chi connectivity index (χ0v) is 11.4. The summed E-state index contributed by atoms with van der Waals surface area (Å²) >= 11 is 0. The first-order chi connectivity index (χ1) is 8.63. The minimum atomic E-state index is -1.84. The lowest BCUT2D eigenvalue weighted by Crippen LogP contribution is -2.31. The van der Waals surface area contributed by atoms with E-state index in [1.54, 1.807) is 25.1 Å². The van der Waals surface area contributed by atoms with E-state index in [1.807, 2.05) is 0 Å². The summed E-state index contributed by atoms with van der Waals surface area (Å²) in [6, 6.07) is 4.23. The molecule has 1 aliphatic rings. The number of carbonyl (C=O) groups is 1. The summed E-state index contributed by atoms with van der Waals surface area (Å²) in [7, 11) is 0. The second kappa shape index (κ2) is 6.73. The predicted octanol–water partition coefficient (Wildman–Crippen LogP) is 1.94. The molecule has 2 N–H and O–H groups in total. The Labute approximate surface area is 117 Å². The molecule has 1 unspecified atom stereocenters. The van der Waals surface area contributed by atoms with E-state index in [9.17, 15) is 9.18 Å². The van der Waals surface area contributed by atoms with E-state index >= 15 is 0 Å². The van der Waals surface area contributed by atoms with Crippen LogP contribution in [0.1, 0.15) is 24.1 Å². The van der Waals surface area contributed by atoms with Crippen molar-refractivity contribution in [1.29, 1.82) is 0 Å². The van der Waals surface area contributed by atoms with Gasteiger partial charge in [-0.15, -0.1) is 12.4 Å². The molecule has 106 valence electrons. The van der Waals surface area contributed by atoms with Gasteiger partial charge >= 0.3 is 5.97 Å². The van der Waals surface area contributed by atoms with Gasteiger partial charge in [-0.1, -0.05) is 12.1 Å². The van der Waals surface area contributed by atoms with Crippen LogP contribution < -0.4 is 10.5 Å². The summed E-state index contributed by atoms with van der Waals surface area (Å²) in [6.07, 6.45) is -1.06. The molecule has 0 radical (unpaired) electrons. The maximum absolute atomic E-state index is 13.8. The van der Waals surface area contributed by atoms with Crippen LogP contribution in [0.5, 0.6) is 5.75 Å². The van der Waals surface area contributed by atoms with E-state index in [1.165, 1.54) is 0 Å². The quantitative estimate of drug-likeness (QED) is 0.861. The summed E-state index contributed by atoms with van der Waals surface area (Å²) < 4.78 is 23.8. The normalized spacial score (nSPS) is 15.7. The Kier molecular flexibility index (Phi) is 5.57. The van der Waals surface area contributed by atoms with Gasteiger partial charge in [-0.2, -0.15) is 0 Å². The fourth-order valence-corrected chi connectivity index (χ4v) is 1.95. The Bertz CT molecular complexity index is 456. The van der Waals surface area contributed by atoms with Crippen molar-refractivity contribution in [1.82, 2.24) is 0 Å². The Morgan fingerprint density at radius 1 is 1.58 bits per heavy atom. The van der Waals surface area contributed by atoms with E-state index in [4.69, 9.17) is 10.5 Å². The molecular weight excluding hydrogens is 273 g/mol. The third-order valence-corrected chi connectivity index (χ3v) is 2.93. The zero-order chi connectivity index (χ0) is 13.1. The van der Waals surface area contributed by atoms with Crippen LogP contribution in [0.4, 0.5) is 4.39 Å². The van der Waals surface area contributed by atoms with Crippen LogP contribution in [0.15, 0.2) is 18.2 Å². The average molecular weight is 290 g/mol. The number of carbonyl (C=O) groups excluding carboxylic acids is 1. The maximum Gasteiger partial charge on any atom is 0.342 e. The van der Waals surface area contributed by atoms with Gasteiger partial charge in [-0.3, -0.25) is 0 Å². The summed E-state index contributed by atoms with van der Waals surface area (Å²) in [5.41, 5.74) is 7.33. The second-order valence-corrected chi connectivity index (χ2v) is 4.15. The zero-order valence-electron chi connectivity index (χ0n) is 10.6. The van der Waals surface area contributed by atoms with Crippen molar-refractivity contribution in [3.05, 3.63) is 29.3 Å². The van der Waals surface area contributed by atoms with Gasteiger partial charge in [0.15, 0.2) is 0 Å². The van der Waals surface area contributed by atoms with E-state index in [0.717, 1.165) is 17.7 Å². The lowest BCUT2D eigenvalue weighted by atomic mass is 10.00. The van der Waals surface area contributed by atoms with Crippen molar-refractivity contribution >= 4 is 18.4 Å². The number of fused-ring (bicyclic) bond motifs is 1. The smallest absolute Gasteiger partial charge is 0.342 e. The molecule has 4 nitrogen and oxygen atoms in total. The highest BCUT2D eigenvalue weighted by Crippen LogP contribution is 2.29. The molecule has 6 heteroatoms. The van der Waals surface area contributed by atoms with Gasteiger partial charge in [-0.25, -0.2) is 9.18 Å². The van der Waals surface area contributed by atoms with Crippen molar-refractivity contribution in [3.63, 3.8) is 0 Å². The highest BCUT2D eigenvalue weighted by molar-refractivity contribution is 5.85. The van der Waals surface area contributed by atoms with Gasteiger partial charge in [-0.05, 0) is 24.1 Å². The number of halogens is 2. The van der Waals surface area contributed by atoms with Crippen LogP contribution in [-0.2, 0) is 16.0 Å². The van der Waals surface area contributed by atoms with Crippen LogP contribution in [0.3, 0.4) is 0 Å². The van der Waals surface area contributed by atoms with Gasteiger partial charge in [0.25, 0.3) is 0 Å². The Morgan fingerprint density at radius 3 is 3.00 bits per heavy atom. The Balaban J connectivity index is 0.00000180. The van der Waals surface area contributed by atoms with Crippen LogP contribution in [-0.4, -0.2) is 25.4 Å². The average Bonchev–Trinajstić information content (AvgIpc) is 2.84. The van der Waals surface area contributed by atoms with Gasteiger partial charge in [0.2, 0.25) is 6.17 Å². The summed E-state index contributed by atoms with van der Waals surface area (Å²) in [5.74, 6) is -0.112. The van der Waals surface area contributed by atoms with Gasteiger partial charge < -0.3 is 15.2 Å². The minimum Gasteiger partial charge on any atom is -0.493 e. The molecule has 0 saturated carbocycles. The first-order valence-corrected chi connectivity index (χ1v) is 5.95. The number of esters is 1. The largest absolute Gasteiger partial charge is 0.493 e. The molecule has 1 aromatic carbocycles. The van der Waals surface area contributed by atoms with Gasteiger partial charge in [0.1, 0.15) is 5.75 Å². The van der Waals surface area contributed by atoms with Crippen LogP contribution >= 0.6 is 12.4 Å². The summed E-state index contributed by atoms with van der Waals surface area (Å²) in [6.45, 7) is 2.40. The van der Waals surface area contributed by atoms with Crippen molar-refractivity contribution in [3.8, 4) is 5.75 Å². The number of hydrogen-bond donors (Lipinski definition) is 1. The highest BCUT2D eigenvalue weighted by atomic mass is 35.5. The molecule has 1 aliphatic heterocycles. The molecule has 1 heterocycles. The summed E-state index contributed by atoms with van der Waals surface area (Å²) in [4.78, 5) is 11.3.